The zero-order valence-corrected chi connectivity index (χ0v) is 13.6. The first-order valence-electron chi connectivity index (χ1n) is 7.52. The van der Waals surface area contributed by atoms with Gasteiger partial charge in [-0.15, -0.1) is 11.3 Å². The predicted molar refractivity (Wildman–Crippen MR) is 87.7 cm³/mol. The molecule has 1 aromatic rings. The Morgan fingerprint density at radius 2 is 2.00 bits per heavy atom. The lowest BCUT2D eigenvalue weighted by atomic mass is 10.3. The maximum Gasteiger partial charge on any atom is 0.241 e. The molecule has 0 aliphatic carbocycles. The van der Waals surface area contributed by atoms with Gasteiger partial charge in [-0.05, 0) is 31.4 Å². The van der Waals surface area contributed by atoms with Crippen LogP contribution < -0.4 is 10.6 Å². The second kappa shape index (κ2) is 8.02. The molecule has 1 aliphatic rings. The van der Waals surface area contributed by atoms with Gasteiger partial charge in [-0.1, -0.05) is 6.92 Å². The van der Waals surface area contributed by atoms with Gasteiger partial charge in [0.05, 0.1) is 13.1 Å². The van der Waals surface area contributed by atoms with Crippen LogP contribution in [0.2, 0.25) is 0 Å². The summed E-state index contributed by atoms with van der Waals surface area (Å²) in [5.74, 6) is 0.828. The number of rotatable bonds is 5. The van der Waals surface area contributed by atoms with E-state index in [1.165, 1.54) is 9.75 Å². The molecule has 1 fully saturated rings. The third-order valence-corrected chi connectivity index (χ3v) is 4.81. The topological polar surface area (TPSA) is 56.7 Å². The lowest BCUT2D eigenvalue weighted by Crippen LogP contribution is -2.43. The summed E-state index contributed by atoms with van der Waals surface area (Å²) in [6.45, 7) is 4.99. The minimum Gasteiger partial charge on any atom is -0.352 e. The van der Waals surface area contributed by atoms with E-state index in [-0.39, 0.29) is 5.91 Å². The summed E-state index contributed by atoms with van der Waals surface area (Å²) in [6.07, 6.45) is 3.32. The van der Waals surface area contributed by atoms with Crippen molar-refractivity contribution in [3.05, 3.63) is 21.9 Å². The van der Waals surface area contributed by atoms with E-state index in [1.54, 1.807) is 7.05 Å². The minimum atomic E-state index is 0.153. The molecule has 5 nitrogen and oxygen atoms in total. The number of nitrogens with one attached hydrogen (secondary N) is 2. The van der Waals surface area contributed by atoms with Gasteiger partial charge in [-0.2, -0.15) is 0 Å². The molecule has 1 saturated heterocycles. The molecule has 0 radical (unpaired) electrons. The maximum atomic E-state index is 12.0. The van der Waals surface area contributed by atoms with Gasteiger partial charge in [-0.3, -0.25) is 9.79 Å². The van der Waals surface area contributed by atoms with Gasteiger partial charge in [0.2, 0.25) is 5.91 Å². The first-order chi connectivity index (χ1) is 10.2. The number of carbonyl (C=O) groups excluding carboxylic acids is 1. The first kappa shape index (κ1) is 15.8. The Hall–Kier alpha value is -1.56. The molecule has 116 valence electrons. The van der Waals surface area contributed by atoms with Crippen molar-refractivity contribution in [2.75, 3.05) is 26.7 Å². The fraction of sp³-hybridized carbons (Fsp3) is 0.600. The molecule has 0 unspecified atom stereocenters. The van der Waals surface area contributed by atoms with E-state index < -0.39 is 0 Å². The lowest BCUT2D eigenvalue weighted by Gasteiger charge is -2.17. The Balaban J connectivity index is 1.74. The Bertz CT molecular complexity index is 492. The monoisotopic (exact) mass is 308 g/mol. The molecule has 2 heterocycles. The smallest absolute Gasteiger partial charge is 0.241 e. The number of aryl methyl sites for hydroxylation is 1. The van der Waals surface area contributed by atoms with Crippen LogP contribution in [-0.4, -0.2) is 43.4 Å². The average molecular weight is 308 g/mol. The van der Waals surface area contributed by atoms with Gasteiger partial charge in [-0.25, -0.2) is 0 Å². The van der Waals surface area contributed by atoms with Crippen molar-refractivity contribution >= 4 is 23.2 Å². The molecule has 1 amide bonds. The number of hydrogen-bond acceptors (Lipinski definition) is 3. The molecule has 0 bridgehead atoms. The van der Waals surface area contributed by atoms with Crippen molar-refractivity contribution in [3.8, 4) is 0 Å². The molecular weight excluding hydrogens is 284 g/mol. The number of guanidine groups is 1. The molecule has 0 spiro atoms. The fourth-order valence-electron chi connectivity index (χ4n) is 2.34. The Kier molecular flexibility index (Phi) is 6.04. The van der Waals surface area contributed by atoms with Gasteiger partial charge in [0.15, 0.2) is 5.96 Å². The lowest BCUT2D eigenvalue weighted by molar-refractivity contribution is -0.128. The minimum absolute atomic E-state index is 0.153. The SMILES string of the molecule is CCc1ccc(CNC(=NC)NCC(=O)N2CCCC2)s1. The summed E-state index contributed by atoms with van der Waals surface area (Å²) in [4.78, 5) is 20.7. The van der Waals surface area contributed by atoms with Gasteiger partial charge in [0, 0.05) is 29.9 Å². The van der Waals surface area contributed by atoms with Gasteiger partial charge in [0.25, 0.3) is 0 Å². The Labute approximate surface area is 130 Å². The normalized spacial score (nSPS) is 15.3. The maximum absolute atomic E-state index is 12.0. The van der Waals surface area contributed by atoms with Crippen molar-refractivity contribution in [1.82, 2.24) is 15.5 Å². The Morgan fingerprint density at radius 3 is 2.62 bits per heavy atom. The van der Waals surface area contributed by atoms with Crippen LogP contribution in [0.15, 0.2) is 17.1 Å². The zero-order valence-electron chi connectivity index (χ0n) is 12.8. The van der Waals surface area contributed by atoms with E-state index in [9.17, 15) is 4.79 Å². The number of aliphatic imine (C=N–C) groups is 1. The van der Waals surface area contributed by atoms with Crippen LogP contribution in [0.5, 0.6) is 0 Å². The summed E-state index contributed by atoms with van der Waals surface area (Å²) in [5.41, 5.74) is 0. The van der Waals surface area contributed by atoms with E-state index in [1.807, 2.05) is 16.2 Å². The van der Waals surface area contributed by atoms with Crippen LogP contribution in [-0.2, 0) is 17.8 Å². The zero-order chi connectivity index (χ0) is 15.1. The summed E-state index contributed by atoms with van der Waals surface area (Å²) in [6, 6.07) is 4.30. The van der Waals surface area contributed by atoms with Crippen LogP contribution in [0.4, 0.5) is 0 Å². The van der Waals surface area contributed by atoms with Gasteiger partial charge >= 0.3 is 0 Å². The summed E-state index contributed by atoms with van der Waals surface area (Å²) >= 11 is 1.81. The number of hydrogen-bond donors (Lipinski definition) is 2. The molecule has 0 atom stereocenters. The number of thiophene rings is 1. The first-order valence-corrected chi connectivity index (χ1v) is 8.34. The molecule has 0 saturated carbocycles. The quantitative estimate of drug-likeness (QED) is 0.642. The van der Waals surface area contributed by atoms with Crippen molar-refractivity contribution in [3.63, 3.8) is 0 Å². The third-order valence-electron chi connectivity index (χ3n) is 3.59. The van der Waals surface area contributed by atoms with Crippen molar-refractivity contribution in [1.29, 1.82) is 0 Å². The largest absolute Gasteiger partial charge is 0.352 e. The molecule has 2 rings (SSSR count). The molecule has 21 heavy (non-hydrogen) atoms. The van der Waals surface area contributed by atoms with E-state index in [4.69, 9.17) is 0 Å². The number of carbonyl (C=O) groups is 1. The van der Waals surface area contributed by atoms with Crippen LogP contribution in [0, 0.1) is 0 Å². The number of amides is 1. The highest BCUT2D eigenvalue weighted by atomic mass is 32.1. The van der Waals surface area contributed by atoms with E-state index >= 15 is 0 Å². The van der Waals surface area contributed by atoms with Crippen molar-refractivity contribution in [2.45, 2.75) is 32.7 Å². The standard InChI is InChI=1S/C15H24N4OS/c1-3-12-6-7-13(21-12)10-17-15(16-2)18-11-14(20)19-8-4-5-9-19/h6-7H,3-5,8-11H2,1-2H3,(H2,16,17,18). The van der Waals surface area contributed by atoms with Crippen LogP contribution in [0.25, 0.3) is 0 Å². The second-order valence-electron chi connectivity index (χ2n) is 5.09. The summed E-state index contributed by atoms with van der Waals surface area (Å²) in [7, 11) is 1.72. The summed E-state index contributed by atoms with van der Waals surface area (Å²) in [5, 5.41) is 6.34. The van der Waals surface area contributed by atoms with Crippen LogP contribution >= 0.6 is 11.3 Å². The number of nitrogens with zero attached hydrogens (tertiary/aromatic N) is 2. The second-order valence-corrected chi connectivity index (χ2v) is 6.34. The highest BCUT2D eigenvalue weighted by Gasteiger charge is 2.17. The molecule has 6 heteroatoms. The Morgan fingerprint density at radius 1 is 1.29 bits per heavy atom. The molecule has 0 aromatic carbocycles. The summed E-state index contributed by atoms with van der Waals surface area (Å²) < 4.78 is 0. The average Bonchev–Trinajstić information content (AvgIpc) is 3.18. The molecule has 2 N–H and O–H groups in total. The fourth-order valence-corrected chi connectivity index (χ4v) is 3.23. The highest BCUT2D eigenvalue weighted by Crippen LogP contribution is 2.16. The molecule has 1 aliphatic heterocycles. The molecule has 1 aromatic heterocycles. The van der Waals surface area contributed by atoms with Gasteiger partial charge in [0.1, 0.15) is 0 Å². The van der Waals surface area contributed by atoms with Crippen molar-refractivity contribution in [2.24, 2.45) is 4.99 Å². The third kappa shape index (κ3) is 4.74. The predicted octanol–water partition coefficient (Wildman–Crippen LogP) is 1.60. The van der Waals surface area contributed by atoms with E-state index in [2.05, 4.69) is 34.7 Å². The van der Waals surface area contributed by atoms with Gasteiger partial charge < -0.3 is 15.5 Å². The van der Waals surface area contributed by atoms with Crippen LogP contribution in [0.1, 0.15) is 29.5 Å². The van der Waals surface area contributed by atoms with E-state index in [0.717, 1.165) is 38.9 Å². The highest BCUT2D eigenvalue weighted by molar-refractivity contribution is 7.11. The van der Waals surface area contributed by atoms with E-state index in [0.29, 0.717) is 12.5 Å². The molecular formula is C15H24N4OS. The number of likely N-dealkylation sites (tertiary alicyclic amines) is 1. The van der Waals surface area contributed by atoms with Crippen molar-refractivity contribution < 1.29 is 4.79 Å². The van der Waals surface area contributed by atoms with Crippen LogP contribution in [0.3, 0.4) is 0 Å².